The zero-order valence-electron chi connectivity index (χ0n) is 16.7. The topological polar surface area (TPSA) is 37.6 Å². The van der Waals surface area contributed by atoms with Gasteiger partial charge in [0.05, 0.1) is 11.3 Å². The smallest absolute Gasteiger partial charge is 0.280 e. The van der Waals surface area contributed by atoms with Crippen LogP contribution >= 0.6 is 0 Å². The highest BCUT2D eigenvalue weighted by Crippen LogP contribution is 2.35. The molecule has 0 N–H and O–H groups in total. The Morgan fingerprint density at radius 1 is 0.935 bits per heavy atom. The van der Waals surface area contributed by atoms with Crippen LogP contribution in [0.4, 0.5) is 27.6 Å². The summed E-state index contributed by atoms with van der Waals surface area (Å²) < 4.78 is 71.1. The molecule has 3 aromatic rings. The molecular weight excluding hydrogens is 417 g/mol. The lowest BCUT2D eigenvalue weighted by Crippen LogP contribution is -2.25. The van der Waals surface area contributed by atoms with Gasteiger partial charge in [-0.15, -0.1) is 0 Å². The molecule has 2 aromatic carbocycles. The molecule has 0 aliphatic carbocycles. The summed E-state index contributed by atoms with van der Waals surface area (Å²) in [6, 6.07) is 7.51. The SMILES string of the molecule is CCn1c(C)c(/C=C2\C(=O)N(c3c(F)c(F)c(F)c(F)c3F)N=C2C)c2ccccc21. The van der Waals surface area contributed by atoms with E-state index in [0.29, 0.717) is 12.1 Å². The van der Waals surface area contributed by atoms with Crippen LogP contribution in [0.1, 0.15) is 25.1 Å². The minimum atomic E-state index is -2.30. The van der Waals surface area contributed by atoms with E-state index in [0.717, 1.165) is 16.6 Å². The second-order valence-corrected chi connectivity index (χ2v) is 7.04. The van der Waals surface area contributed by atoms with Gasteiger partial charge in [-0.3, -0.25) is 4.79 Å². The van der Waals surface area contributed by atoms with Crippen LogP contribution in [-0.2, 0) is 11.3 Å². The highest BCUT2D eigenvalue weighted by atomic mass is 19.2. The zero-order valence-corrected chi connectivity index (χ0v) is 16.7. The maximum Gasteiger partial charge on any atom is 0.280 e. The van der Waals surface area contributed by atoms with Crippen LogP contribution in [0.15, 0.2) is 34.9 Å². The summed E-state index contributed by atoms with van der Waals surface area (Å²) >= 11 is 0. The summed E-state index contributed by atoms with van der Waals surface area (Å²) in [7, 11) is 0. The van der Waals surface area contributed by atoms with Crippen LogP contribution in [0.2, 0.25) is 0 Å². The van der Waals surface area contributed by atoms with Gasteiger partial charge in [-0.2, -0.15) is 10.1 Å². The van der Waals surface area contributed by atoms with E-state index in [-0.39, 0.29) is 16.3 Å². The fourth-order valence-electron chi connectivity index (χ4n) is 3.81. The number of nitrogens with zero attached hydrogens (tertiary/aromatic N) is 3. The van der Waals surface area contributed by atoms with Crippen LogP contribution in [0.5, 0.6) is 0 Å². The van der Waals surface area contributed by atoms with E-state index >= 15 is 0 Å². The highest BCUT2D eigenvalue weighted by Gasteiger charge is 2.37. The molecule has 4 rings (SSSR count). The lowest BCUT2D eigenvalue weighted by molar-refractivity contribution is -0.114. The van der Waals surface area contributed by atoms with Gasteiger partial charge in [0.1, 0.15) is 5.69 Å². The molecule has 160 valence electrons. The summed E-state index contributed by atoms with van der Waals surface area (Å²) in [6.45, 7) is 5.93. The Bertz CT molecular complexity index is 1290. The monoisotopic (exact) mass is 433 g/mol. The molecule has 0 saturated carbocycles. The Morgan fingerprint density at radius 3 is 2.13 bits per heavy atom. The molecule has 0 atom stereocenters. The predicted molar refractivity (Wildman–Crippen MR) is 107 cm³/mol. The van der Waals surface area contributed by atoms with E-state index in [1.807, 2.05) is 42.7 Å². The van der Waals surface area contributed by atoms with Gasteiger partial charge in [-0.25, -0.2) is 22.0 Å². The number of carbonyl (C=O) groups is 1. The minimum Gasteiger partial charge on any atom is -0.345 e. The van der Waals surface area contributed by atoms with Gasteiger partial charge in [-0.05, 0) is 32.9 Å². The first kappa shape index (κ1) is 20.8. The number of rotatable bonds is 3. The van der Waals surface area contributed by atoms with Crippen molar-refractivity contribution in [1.29, 1.82) is 0 Å². The minimum absolute atomic E-state index is 0.00829. The summed E-state index contributed by atoms with van der Waals surface area (Å²) in [5.74, 6) is -11.8. The van der Waals surface area contributed by atoms with E-state index in [2.05, 4.69) is 5.10 Å². The van der Waals surface area contributed by atoms with Gasteiger partial charge < -0.3 is 4.57 Å². The molecule has 4 nitrogen and oxygen atoms in total. The number of halogens is 5. The van der Waals surface area contributed by atoms with Crippen molar-refractivity contribution in [1.82, 2.24) is 4.57 Å². The Labute approximate surface area is 173 Å². The van der Waals surface area contributed by atoms with E-state index in [1.54, 1.807) is 0 Å². The second-order valence-electron chi connectivity index (χ2n) is 7.04. The van der Waals surface area contributed by atoms with E-state index in [1.165, 1.54) is 13.0 Å². The maximum atomic E-state index is 14.2. The van der Waals surface area contributed by atoms with Gasteiger partial charge in [0.15, 0.2) is 23.3 Å². The second kappa shape index (κ2) is 7.33. The average Bonchev–Trinajstić information content (AvgIpc) is 3.19. The Balaban J connectivity index is 1.87. The summed E-state index contributed by atoms with van der Waals surface area (Å²) in [5, 5.41) is 4.84. The van der Waals surface area contributed by atoms with Gasteiger partial charge in [0, 0.05) is 28.7 Å². The van der Waals surface area contributed by atoms with Gasteiger partial charge in [0.25, 0.3) is 5.91 Å². The highest BCUT2D eigenvalue weighted by molar-refractivity contribution is 6.32. The number of amides is 1. The number of aromatic nitrogens is 1. The normalized spacial score (nSPS) is 15.5. The van der Waals surface area contributed by atoms with E-state index in [9.17, 15) is 26.7 Å². The lowest BCUT2D eigenvalue weighted by atomic mass is 10.0. The summed E-state index contributed by atoms with van der Waals surface area (Å²) in [6.07, 6.45) is 1.52. The predicted octanol–water partition coefficient (Wildman–Crippen LogP) is 5.47. The lowest BCUT2D eigenvalue weighted by Gasteiger charge is -2.15. The number of hydrogen-bond acceptors (Lipinski definition) is 2. The van der Waals surface area contributed by atoms with Crippen molar-refractivity contribution >= 4 is 34.3 Å². The van der Waals surface area contributed by atoms with Crippen LogP contribution in [0.25, 0.3) is 17.0 Å². The van der Waals surface area contributed by atoms with Crippen molar-refractivity contribution in [3.05, 3.63) is 70.2 Å². The number of hydrazone groups is 1. The molecule has 0 radical (unpaired) electrons. The molecule has 1 aliphatic heterocycles. The van der Waals surface area contributed by atoms with Crippen LogP contribution in [0, 0.1) is 36.0 Å². The largest absolute Gasteiger partial charge is 0.345 e. The third-order valence-corrected chi connectivity index (χ3v) is 5.35. The van der Waals surface area contributed by atoms with Crippen LogP contribution < -0.4 is 5.01 Å². The Kier molecular flexibility index (Phi) is 4.91. The molecule has 0 unspecified atom stereocenters. The number of aryl methyl sites for hydroxylation is 1. The first-order chi connectivity index (χ1) is 14.7. The van der Waals surface area contributed by atoms with E-state index in [4.69, 9.17) is 0 Å². The molecule has 0 saturated heterocycles. The Morgan fingerprint density at radius 2 is 1.52 bits per heavy atom. The van der Waals surface area contributed by atoms with E-state index < -0.39 is 40.7 Å². The number of hydrogen-bond donors (Lipinski definition) is 0. The van der Waals surface area contributed by atoms with Crippen LogP contribution in [-0.4, -0.2) is 16.2 Å². The summed E-state index contributed by atoms with van der Waals surface area (Å²) in [5.41, 5.74) is 1.16. The summed E-state index contributed by atoms with van der Waals surface area (Å²) in [4.78, 5) is 12.9. The number of fused-ring (bicyclic) bond motifs is 1. The van der Waals surface area contributed by atoms with Crippen molar-refractivity contribution in [3.63, 3.8) is 0 Å². The fraction of sp³-hybridized carbons (Fsp3) is 0.182. The molecule has 1 aliphatic rings. The number of benzene rings is 2. The molecule has 0 bridgehead atoms. The molecule has 0 fully saturated rings. The molecule has 0 spiro atoms. The molecule has 1 aromatic heterocycles. The molecule has 31 heavy (non-hydrogen) atoms. The standard InChI is InChI=1S/C22H16F5N3O/c1-4-29-11(3)14(12-7-5-6-8-15(12)29)9-13-10(2)28-30(22(13)31)21-19(26)17(24)16(23)18(25)20(21)27/h5-9H,4H2,1-3H3/b13-9-. The molecule has 9 heteroatoms. The molecule has 1 amide bonds. The quantitative estimate of drug-likeness (QED) is 0.234. The van der Waals surface area contributed by atoms with Gasteiger partial charge in [-0.1, -0.05) is 18.2 Å². The number of para-hydroxylation sites is 1. The van der Waals surface area contributed by atoms with Gasteiger partial charge >= 0.3 is 0 Å². The van der Waals surface area contributed by atoms with Crippen molar-refractivity contribution in [2.45, 2.75) is 27.3 Å². The molecule has 2 heterocycles. The van der Waals surface area contributed by atoms with Gasteiger partial charge in [0.2, 0.25) is 5.82 Å². The first-order valence-electron chi connectivity index (χ1n) is 9.40. The fourth-order valence-corrected chi connectivity index (χ4v) is 3.81. The van der Waals surface area contributed by atoms with Crippen molar-refractivity contribution in [2.75, 3.05) is 5.01 Å². The zero-order chi connectivity index (χ0) is 22.6. The van der Waals surface area contributed by atoms with Crippen molar-refractivity contribution in [3.8, 4) is 0 Å². The third kappa shape index (κ3) is 2.95. The average molecular weight is 433 g/mol. The number of anilines is 1. The van der Waals surface area contributed by atoms with Crippen LogP contribution in [0.3, 0.4) is 0 Å². The Hall–Kier alpha value is -3.49. The maximum absolute atomic E-state index is 14.2. The third-order valence-electron chi connectivity index (χ3n) is 5.35. The molecular formula is C22H16F5N3O. The van der Waals surface area contributed by atoms with Crippen molar-refractivity contribution < 1.29 is 26.7 Å². The number of carbonyl (C=O) groups excluding carboxylic acids is 1. The van der Waals surface area contributed by atoms with Crippen molar-refractivity contribution in [2.24, 2.45) is 5.10 Å². The first-order valence-corrected chi connectivity index (χ1v) is 9.40.